The second kappa shape index (κ2) is 8.36. The standard InChI is InChI=1S/C19H25N3O2/c1-22(2)18(15-7-5-9-17(12-15)24-3)13-21-19(23)11-14-6-4-8-16(20)10-14/h4-10,12,18H,11,13,20H2,1-3H3,(H,21,23). The van der Waals surface area contributed by atoms with E-state index in [2.05, 4.69) is 10.2 Å². The van der Waals surface area contributed by atoms with E-state index in [0.29, 0.717) is 18.7 Å². The number of anilines is 1. The molecule has 2 aromatic carbocycles. The highest BCUT2D eigenvalue weighted by Crippen LogP contribution is 2.22. The van der Waals surface area contributed by atoms with Gasteiger partial charge < -0.3 is 20.7 Å². The summed E-state index contributed by atoms with van der Waals surface area (Å²) in [7, 11) is 5.64. The van der Waals surface area contributed by atoms with Gasteiger partial charge in [-0.3, -0.25) is 4.79 Å². The third kappa shape index (κ3) is 4.99. The Balaban J connectivity index is 1.99. The number of carbonyl (C=O) groups is 1. The van der Waals surface area contributed by atoms with E-state index in [9.17, 15) is 4.79 Å². The van der Waals surface area contributed by atoms with Gasteiger partial charge in [-0.25, -0.2) is 0 Å². The molecule has 5 nitrogen and oxygen atoms in total. The minimum Gasteiger partial charge on any atom is -0.497 e. The molecule has 0 aliphatic heterocycles. The van der Waals surface area contributed by atoms with E-state index < -0.39 is 0 Å². The van der Waals surface area contributed by atoms with Gasteiger partial charge in [0.2, 0.25) is 5.91 Å². The molecule has 0 aromatic heterocycles. The molecular weight excluding hydrogens is 302 g/mol. The first kappa shape index (κ1) is 17.8. The molecule has 0 spiro atoms. The summed E-state index contributed by atoms with van der Waals surface area (Å²) in [6.45, 7) is 0.529. The Kier molecular flexibility index (Phi) is 6.21. The van der Waals surface area contributed by atoms with Gasteiger partial charge >= 0.3 is 0 Å². The van der Waals surface area contributed by atoms with Crippen LogP contribution in [-0.2, 0) is 11.2 Å². The molecule has 0 saturated heterocycles. The molecule has 0 bridgehead atoms. The van der Waals surface area contributed by atoms with Gasteiger partial charge in [-0.15, -0.1) is 0 Å². The molecule has 0 fully saturated rings. The van der Waals surface area contributed by atoms with E-state index in [4.69, 9.17) is 10.5 Å². The number of hydrogen-bond donors (Lipinski definition) is 2. The van der Waals surface area contributed by atoms with Crippen LogP contribution in [0.25, 0.3) is 0 Å². The summed E-state index contributed by atoms with van der Waals surface area (Å²) in [5.41, 5.74) is 8.43. The van der Waals surface area contributed by atoms with Gasteiger partial charge in [0.25, 0.3) is 0 Å². The van der Waals surface area contributed by atoms with Crippen molar-refractivity contribution in [2.75, 3.05) is 33.5 Å². The van der Waals surface area contributed by atoms with Crippen molar-refractivity contribution in [3.8, 4) is 5.75 Å². The number of hydrogen-bond acceptors (Lipinski definition) is 4. The van der Waals surface area contributed by atoms with Crippen molar-refractivity contribution in [1.29, 1.82) is 0 Å². The molecule has 0 aliphatic rings. The molecule has 1 amide bonds. The van der Waals surface area contributed by atoms with Gasteiger partial charge in [-0.05, 0) is 49.5 Å². The van der Waals surface area contributed by atoms with Crippen LogP contribution in [-0.4, -0.2) is 38.6 Å². The third-order valence-electron chi connectivity index (χ3n) is 3.91. The summed E-state index contributed by atoms with van der Waals surface area (Å²) in [5, 5.41) is 3.01. The number of nitrogens with two attached hydrogens (primary N) is 1. The smallest absolute Gasteiger partial charge is 0.224 e. The molecule has 3 N–H and O–H groups in total. The van der Waals surface area contributed by atoms with E-state index >= 15 is 0 Å². The van der Waals surface area contributed by atoms with Gasteiger partial charge in [0, 0.05) is 12.2 Å². The summed E-state index contributed by atoms with van der Waals surface area (Å²) in [6, 6.07) is 15.4. The first-order valence-electron chi connectivity index (χ1n) is 7.91. The SMILES string of the molecule is COc1cccc(C(CNC(=O)Cc2cccc(N)c2)N(C)C)c1. The topological polar surface area (TPSA) is 67.6 Å². The number of rotatable bonds is 7. The van der Waals surface area contributed by atoms with Crippen molar-refractivity contribution in [3.05, 3.63) is 59.7 Å². The van der Waals surface area contributed by atoms with Crippen molar-refractivity contribution < 1.29 is 9.53 Å². The summed E-state index contributed by atoms with van der Waals surface area (Å²) in [5.74, 6) is 0.792. The van der Waals surface area contributed by atoms with Crippen molar-refractivity contribution in [3.63, 3.8) is 0 Å². The number of nitrogens with zero attached hydrogens (tertiary/aromatic N) is 1. The number of nitrogens with one attached hydrogen (secondary N) is 1. The number of benzene rings is 2. The van der Waals surface area contributed by atoms with E-state index in [0.717, 1.165) is 16.9 Å². The van der Waals surface area contributed by atoms with E-state index in [1.807, 2.05) is 62.6 Å². The van der Waals surface area contributed by atoms with Crippen molar-refractivity contribution in [1.82, 2.24) is 10.2 Å². The zero-order chi connectivity index (χ0) is 17.5. The summed E-state index contributed by atoms with van der Waals surface area (Å²) in [6.07, 6.45) is 0.323. The van der Waals surface area contributed by atoms with Crippen molar-refractivity contribution in [2.45, 2.75) is 12.5 Å². The molecule has 0 heterocycles. The lowest BCUT2D eigenvalue weighted by Gasteiger charge is -2.25. The summed E-state index contributed by atoms with van der Waals surface area (Å²) < 4.78 is 5.28. The predicted molar refractivity (Wildman–Crippen MR) is 97.0 cm³/mol. The highest BCUT2D eigenvalue weighted by Gasteiger charge is 2.16. The molecule has 2 aromatic rings. The Labute approximate surface area is 143 Å². The van der Waals surface area contributed by atoms with Crippen LogP contribution in [0, 0.1) is 0 Å². The number of ether oxygens (including phenoxy) is 1. The zero-order valence-corrected chi connectivity index (χ0v) is 14.5. The minimum atomic E-state index is -0.0182. The quantitative estimate of drug-likeness (QED) is 0.765. The van der Waals surface area contributed by atoms with E-state index in [-0.39, 0.29) is 11.9 Å². The van der Waals surface area contributed by atoms with E-state index in [1.54, 1.807) is 7.11 Å². The average Bonchev–Trinajstić information content (AvgIpc) is 2.55. The molecule has 1 unspecified atom stereocenters. The Bertz CT molecular complexity index is 686. The van der Waals surface area contributed by atoms with Crippen molar-refractivity contribution in [2.24, 2.45) is 0 Å². The van der Waals surface area contributed by atoms with Crippen LogP contribution in [0.15, 0.2) is 48.5 Å². The molecule has 0 aliphatic carbocycles. The highest BCUT2D eigenvalue weighted by atomic mass is 16.5. The Morgan fingerprint density at radius 2 is 1.96 bits per heavy atom. The molecule has 0 radical (unpaired) electrons. The second-order valence-electron chi connectivity index (χ2n) is 5.98. The van der Waals surface area contributed by atoms with Crippen LogP contribution in [0.4, 0.5) is 5.69 Å². The highest BCUT2D eigenvalue weighted by molar-refractivity contribution is 5.78. The Morgan fingerprint density at radius 1 is 1.21 bits per heavy atom. The van der Waals surface area contributed by atoms with E-state index in [1.165, 1.54) is 0 Å². The van der Waals surface area contributed by atoms with Gasteiger partial charge in [0.05, 0.1) is 19.6 Å². The summed E-state index contributed by atoms with van der Waals surface area (Å²) in [4.78, 5) is 14.3. The predicted octanol–water partition coefficient (Wildman–Crippen LogP) is 2.24. The Morgan fingerprint density at radius 3 is 2.62 bits per heavy atom. The number of amides is 1. The zero-order valence-electron chi connectivity index (χ0n) is 14.5. The molecule has 0 saturated carbocycles. The maximum atomic E-state index is 12.2. The molecule has 24 heavy (non-hydrogen) atoms. The second-order valence-corrected chi connectivity index (χ2v) is 5.98. The fraction of sp³-hybridized carbons (Fsp3) is 0.316. The lowest BCUT2D eigenvalue weighted by atomic mass is 10.1. The maximum absolute atomic E-state index is 12.2. The first-order chi connectivity index (χ1) is 11.5. The van der Waals surface area contributed by atoms with Gasteiger partial charge in [0.1, 0.15) is 5.75 Å². The van der Waals surface area contributed by atoms with Crippen LogP contribution < -0.4 is 15.8 Å². The van der Waals surface area contributed by atoms with Gasteiger partial charge in [0.15, 0.2) is 0 Å². The maximum Gasteiger partial charge on any atom is 0.224 e. The molecular formula is C19H25N3O2. The fourth-order valence-corrected chi connectivity index (χ4v) is 2.61. The summed E-state index contributed by atoms with van der Waals surface area (Å²) >= 11 is 0. The van der Waals surface area contributed by atoms with Crippen LogP contribution in [0.5, 0.6) is 5.75 Å². The lowest BCUT2D eigenvalue weighted by Crippen LogP contribution is -2.35. The molecule has 1 atom stereocenters. The van der Waals surface area contributed by atoms with Gasteiger partial charge in [-0.2, -0.15) is 0 Å². The minimum absolute atomic E-state index is 0.0182. The van der Waals surface area contributed by atoms with Crippen LogP contribution in [0.2, 0.25) is 0 Å². The number of nitrogen functional groups attached to an aromatic ring is 1. The Hall–Kier alpha value is -2.53. The molecule has 5 heteroatoms. The normalized spacial score (nSPS) is 12.0. The molecule has 128 valence electrons. The molecule has 2 rings (SSSR count). The largest absolute Gasteiger partial charge is 0.497 e. The monoisotopic (exact) mass is 327 g/mol. The number of methoxy groups -OCH3 is 1. The number of carbonyl (C=O) groups excluding carboxylic acids is 1. The number of likely N-dealkylation sites (N-methyl/N-ethyl adjacent to an activating group) is 1. The lowest BCUT2D eigenvalue weighted by molar-refractivity contribution is -0.120. The first-order valence-corrected chi connectivity index (χ1v) is 7.91. The van der Waals surface area contributed by atoms with Crippen LogP contribution >= 0.6 is 0 Å². The van der Waals surface area contributed by atoms with Crippen molar-refractivity contribution >= 4 is 11.6 Å². The van der Waals surface area contributed by atoms with Gasteiger partial charge in [-0.1, -0.05) is 24.3 Å². The third-order valence-corrected chi connectivity index (χ3v) is 3.91. The van der Waals surface area contributed by atoms with Crippen LogP contribution in [0.1, 0.15) is 17.2 Å². The fourth-order valence-electron chi connectivity index (χ4n) is 2.61. The van der Waals surface area contributed by atoms with Crippen LogP contribution in [0.3, 0.4) is 0 Å². The average molecular weight is 327 g/mol.